The second-order valence-electron chi connectivity index (χ2n) is 6.15. The Morgan fingerprint density at radius 2 is 1.86 bits per heavy atom. The largest absolute Gasteiger partial charge is 0.478 e. The highest BCUT2D eigenvalue weighted by molar-refractivity contribution is 6.07. The zero-order valence-corrected chi connectivity index (χ0v) is 12.5. The van der Waals surface area contributed by atoms with Crippen LogP contribution >= 0.6 is 0 Å². The van der Waals surface area contributed by atoms with Crippen molar-refractivity contribution in [3.63, 3.8) is 0 Å². The number of carboxylic acids is 1. The molecule has 0 saturated carbocycles. The van der Waals surface area contributed by atoms with E-state index in [0.717, 1.165) is 28.9 Å². The van der Waals surface area contributed by atoms with Crippen molar-refractivity contribution >= 4 is 22.4 Å². The molecule has 110 valence electrons. The fraction of sp³-hybridized carbons (Fsp3) is 0.389. The lowest BCUT2D eigenvalue weighted by atomic mass is 9.92. The number of benzene rings is 2. The van der Waals surface area contributed by atoms with Crippen LogP contribution < -0.4 is 4.90 Å². The van der Waals surface area contributed by atoms with Gasteiger partial charge in [0.05, 0.1) is 5.56 Å². The number of anilines is 1. The molecule has 2 atom stereocenters. The molecule has 0 radical (unpaired) electrons. The van der Waals surface area contributed by atoms with Gasteiger partial charge in [-0.15, -0.1) is 0 Å². The summed E-state index contributed by atoms with van der Waals surface area (Å²) in [7, 11) is 0. The number of carboxylic acid groups (broad SMARTS) is 1. The molecule has 1 saturated heterocycles. The normalized spacial score (nSPS) is 22.5. The van der Waals surface area contributed by atoms with E-state index in [1.807, 2.05) is 30.3 Å². The van der Waals surface area contributed by atoms with Crippen molar-refractivity contribution in [2.45, 2.75) is 32.7 Å². The highest BCUT2D eigenvalue weighted by Gasteiger charge is 2.24. The van der Waals surface area contributed by atoms with Crippen LogP contribution in [0.5, 0.6) is 0 Å². The van der Waals surface area contributed by atoms with E-state index >= 15 is 0 Å². The predicted octanol–water partition coefficient (Wildman–Crippen LogP) is 4.16. The lowest BCUT2D eigenvalue weighted by molar-refractivity contribution is 0.0699. The van der Waals surface area contributed by atoms with Crippen LogP contribution in [-0.4, -0.2) is 23.7 Å². The van der Waals surface area contributed by atoms with Crippen LogP contribution in [0.2, 0.25) is 0 Å². The molecule has 0 spiro atoms. The number of hydrogen-bond donors (Lipinski definition) is 1. The molecule has 1 N–H and O–H groups in total. The third-order valence-electron chi connectivity index (χ3n) is 4.58. The Hall–Kier alpha value is -2.03. The molecule has 0 bridgehead atoms. The molecule has 1 heterocycles. The Morgan fingerprint density at radius 1 is 1.14 bits per heavy atom. The first-order chi connectivity index (χ1) is 10.1. The summed E-state index contributed by atoms with van der Waals surface area (Å²) in [6.45, 7) is 5.60. The summed E-state index contributed by atoms with van der Waals surface area (Å²) in [5.41, 5.74) is 1.54. The van der Waals surface area contributed by atoms with Gasteiger partial charge in [0.25, 0.3) is 0 Å². The average molecular weight is 283 g/mol. The molecule has 2 aromatic carbocycles. The molecule has 0 aromatic heterocycles. The number of nitrogens with zero attached hydrogens (tertiary/aromatic N) is 1. The summed E-state index contributed by atoms with van der Waals surface area (Å²) < 4.78 is 0. The Morgan fingerprint density at radius 3 is 2.52 bits per heavy atom. The Bertz CT molecular complexity index is 680. The van der Waals surface area contributed by atoms with E-state index in [4.69, 9.17) is 0 Å². The fourth-order valence-corrected chi connectivity index (χ4v) is 3.49. The molecule has 1 aliphatic rings. The second-order valence-corrected chi connectivity index (χ2v) is 6.15. The van der Waals surface area contributed by atoms with E-state index in [9.17, 15) is 9.90 Å². The van der Waals surface area contributed by atoms with E-state index in [0.29, 0.717) is 11.6 Å². The average Bonchev–Trinajstić information content (AvgIpc) is 2.46. The van der Waals surface area contributed by atoms with Gasteiger partial charge in [-0.2, -0.15) is 0 Å². The SMILES string of the molecule is CC1CCN(c2ccc(C(=O)O)c3ccccc23)C(C)C1. The highest BCUT2D eigenvalue weighted by atomic mass is 16.4. The number of piperidine rings is 1. The van der Waals surface area contributed by atoms with Crippen LogP contribution in [-0.2, 0) is 0 Å². The van der Waals surface area contributed by atoms with Gasteiger partial charge in [0.15, 0.2) is 0 Å². The summed E-state index contributed by atoms with van der Waals surface area (Å²) in [6.07, 6.45) is 2.38. The van der Waals surface area contributed by atoms with E-state index in [1.54, 1.807) is 6.07 Å². The van der Waals surface area contributed by atoms with Crippen LogP contribution in [0.25, 0.3) is 10.8 Å². The lowest BCUT2D eigenvalue weighted by Crippen LogP contribution is -2.40. The number of rotatable bonds is 2. The molecular weight excluding hydrogens is 262 g/mol. The molecule has 3 nitrogen and oxygen atoms in total. The quantitative estimate of drug-likeness (QED) is 0.899. The van der Waals surface area contributed by atoms with Crippen LogP contribution in [0.4, 0.5) is 5.69 Å². The molecular formula is C18H21NO2. The second kappa shape index (κ2) is 5.40. The van der Waals surface area contributed by atoms with Crippen molar-refractivity contribution in [3.05, 3.63) is 42.0 Å². The Kier molecular flexibility index (Phi) is 3.58. The zero-order valence-electron chi connectivity index (χ0n) is 12.5. The first-order valence-electron chi connectivity index (χ1n) is 7.59. The van der Waals surface area contributed by atoms with Crippen molar-refractivity contribution < 1.29 is 9.90 Å². The Balaban J connectivity index is 2.12. The maximum atomic E-state index is 11.4. The van der Waals surface area contributed by atoms with E-state index in [-0.39, 0.29) is 0 Å². The molecule has 1 fully saturated rings. The molecule has 0 aliphatic carbocycles. The van der Waals surface area contributed by atoms with E-state index in [2.05, 4.69) is 18.7 Å². The molecule has 1 aliphatic heterocycles. The third kappa shape index (κ3) is 2.48. The van der Waals surface area contributed by atoms with Gasteiger partial charge in [-0.1, -0.05) is 31.2 Å². The van der Waals surface area contributed by atoms with Crippen LogP contribution in [0.1, 0.15) is 37.0 Å². The van der Waals surface area contributed by atoms with Crippen LogP contribution in [0.15, 0.2) is 36.4 Å². The third-order valence-corrected chi connectivity index (χ3v) is 4.58. The standard InChI is InChI=1S/C18H21NO2/c1-12-9-10-19(13(2)11-12)17-8-7-16(18(20)21)14-5-3-4-6-15(14)17/h3-8,12-13H,9-11H2,1-2H3,(H,20,21). The summed E-state index contributed by atoms with van der Waals surface area (Å²) in [5.74, 6) is -0.0983. The minimum absolute atomic E-state index is 0.382. The maximum absolute atomic E-state index is 11.4. The molecule has 3 rings (SSSR count). The molecule has 2 unspecified atom stereocenters. The van der Waals surface area contributed by atoms with Gasteiger partial charge in [-0.25, -0.2) is 4.79 Å². The van der Waals surface area contributed by atoms with Gasteiger partial charge in [0.2, 0.25) is 0 Å². The molecule has 0 amide bonds. The van der Waals surface area contributed by atoms with Gasteiger partial charge in [-0.3, -0.25) is 0 Å². The van der Waals surface area contributed by atoms with Crippen molar-refractivity contribution in [2.24, 2.45) is 5.92 Å². The minimum atomic E-state index is -0.863. The van der Waals surface area contributed by atoms with Gasteiger partial charge in [-0.05, 0) is 43.2 Å². The fourth-order valence-electron chi connectivity index (χ4n) is 3.49. The number of fused-ring (bicyclic) bond motifs is 1. The van der Waals surface area contributed by atoms with E-state index in [1.165, 1.54) is 12.8 Å². The van der Waals surface area contributed by atoms with Crippen molar-refractivity contribution in [3.8, 4) is 0 Å². The summed E-state index contributed by atoms with van der Waals surface area (Å²) in [4.78, 5) is 13.8. The Labute approximate surface area is 125 Å². The number of aromatic carboxylic acids is 1. The van der Waals surface area contributed by atoms with Gasteiger partial charge in [0.1, 0.15) is 0 Å². The van der Waals surface area contributed by atoms with Gasteiger partial charge >= 0.3 is 5.97 Å². The summed E-state index contributed by atoms with van der Waals surface area (Å²) >= 11 is 0. The highest BCUT2D eigenvalue weighted by Crippen LogP contribution is 2.34. The molecule has 21 heavy (non-hydrogen) atoms. The first-order valence-corrected chi connectivity index (χ1v) is 7.59. The van der Waals surface area contributed by atoms with Gasteiger partial charge < -0.3 is 10.0 Å². The van der Waals surface area contributed by atoms with Crippen molar-refractivity contribution in [1.82, 2.24) is 0 Å². The summed E-state index contributed by atoms with van der Waals surface area (Å²) in [6, 6.07) is 12.0. The van der Waals surface area contributed by atoms with E-state index < -0.39 is 5.97 Å². The number of hydrogen-bond acceptors (Lipinski definition) is 2. The topological polar surface area (TPSA) is 40.5 Å². The number of carbonyl (C=O) groups is 1. The molecule has 2 aromatic rings. The monoisotopic (exact) mass is 283 g/mol. The van der Waals surface area contributed by atoms with Crippen molar-refractivity contribution in [1.29, 1.82) is 0 Å². The zero-order chi connectivity index (χ0) is 15.0. The van der Waals surface area contributed by atoms with Crippen molar-refractivity contribution in [2.75, 3.05) is 11.4 Å². The predicted molar refractivity (Wildman–Crippen MR) is 86.1 cm³/mol. The summed E-state index contributed by atoms with van der Waals surface area (Å²) in [5, 5.41) is 11.2. The van der Waals surface area contributed by atoms with Gasteiger partial charge in [0, 0.05) is 23.7 Å². The van der Waals surface area contributed by atoms with Crippen LogP contribution in [0, 0.1) is 5.92 Å². The maximum Gasteiger partial charge on any atom is 0.336 e. The first kappa shape index (κ1) is 13.9. The van der Waals surface area contributed by atoms with Crippen LogP contribution in [0.3, 0.4) is 0 Å². The smallest absolute Gasteiger partial charge is 0.336 e. The molecule has 3 heteroatoms. The lowest BCUT2D eigenvalue weighted by Gasteiger charge is -2.39. The minimum Gasteiger partial charge on any atom is -0.478 e.